The van der Waals surface area contributed by atoms with E-state index in [-0.39, 0.29) is 6.61 Å². The summed E-state index contributed by atoms with van der Waals surface area (Å²) in [5.74, 6) is 6.19. The highest BCUT2D eigenvalue weighted by Crippen LogP contribution is 2.27. The second kappa shape index (κ2) is 6.41. The standard InChI is InChI=1S/C17H21NO2/c19-10-4-3-6-14-5-1-2-7-15(14)11-18-12-16-8-9-17(13-18)20-16/h1-2,5,7,16-17,19H,4,8-13H2. The number of nitrogens with zero attached hydrogens (tertiary/aromatic N) is 1. The molecule has 1 aromatic carbocycles. The molecule has 0 aliphatic carbocycles. The topological polar surface area (TPSA) is 32.7 Å². The fourth-order valence-corrected chi connectivity index (χ4v) is 3.06. The lowest BCUT2D eigenvalue weighted by Crippen LogP contribution is -2.42. The number of ether oxygens (including phenoxy) is 1. The van der Waals surface area contributed by atoms with Gasteiger partial charge in [0.05, 0.1) is 18.8 Å². The van der Waals surface area contributed by atoms with Crippen molar-refractivity contribution in [3.63, 3.8) is 0 Å². The van der Waals surface area contributed by atoms with Crippen LogP contribution in [-0.4, -0.2) is 41.9 Å². The number of hydrogen-bond donors (Lipinski definition) is 1. The van der Waals surface area contributed by atoms with Crippen LogP contribution in [0.5, 0.6) is 0 Å². The molecule has 0 amide bonds. The lowest BCUT2D eigenvalue weighted by atomic mass is 10.1. The van der Waals surface area contributed by atoms with Crippen LogP contribution in [0.15, 0.2) is 24.3 Å². The molecule has 0 aromatic heterocycles. The van der Waals surface area contributed by atoms with E-state index < -0.39 is 0 Å². The number of fused-ring (bicyclic) bond motifs is 2. The molecule has 106 valence electrons. The molecule has 1 N–H and O–H groups in total. The SMILES string of the molecule is OCCC#Cc1ccccc1CN1CC2CCC(C1)O2. The molecule has 1 aromatic rings. The van der Waals surface area contributed by atoms with Crippen LogP contribution in [0.25, 0.3) is 0 Å². The number of aliphatic hydroxyl groups is 1. The lowest BCUT2D eigenvalue weighted by molar-refractivity contribution is -0.0410. The van der Waals surface area contributed by atoms with Crippen molar-refractivity contribution in [1.82, 2.24) is 4.90 Å². The summed E-state index contributed by atoms with van der Waals surface area (Å²) in [6.07, 6.45) is 3.82. The normalized spacial score (nSPS) is 25.2. The van der Waals surface area contributed by atoms with Gasteiger partial charge < -0.3 is 9.84 Å². The van der Waals surface area contributed by atoms with E-state index >= 15 is 0 Å². The molecule has 2 bridgehead atoms. The highest BCUT2D eigenvalue weighted by Gasteiger charge is 2.33. The summed E-state index contributed by atoms with van der Waals surface area (Å²) in [6.45, 7) is 3.14. The van der Waals surface area contributed by atoms with Crippen molar-refractivity contribution in [3.05, 3.63) is 35.4 Å². The minimum atomic E-state index is 0.127. The highest BCUT2D eigenvalue weighted by atomic mass is 16.5. The molecule has 3 rings (SSSR count). The van der Waals surface area contributed by atoms with E-state index in [4.69, 9.17) is 9.84 Å². The number of benzene rings is 1. The van der Waals surface area contributed by atoms with Crippen LogP contribution >= 0.6 is 0 Å². The molecule has 2 fully saturated rings. The summed E-state index contributed by atoms with van der Waals surface area (Å²) < 4.78 is 5.88. The zero-order valence-electron chi connectivity index (χ0n) is 11.7. The molecule has 0 saturated carbocycles. The third-order valence-electron chi connectivity index (χ3n) is 3.99. The Morgan fingerprint density at radius 1 is 1.20 bits per heavy atom. The third kappa shape index (κ3) is 3.21. The highest BCUT2D eigenvalue weighted by molar-refractivity contribution is 5.41. The van der Waals surface area contributed by atoms with Gasteiger partial charge in [-0.05, 0) is 24.5 Å². The van der Waals surface area contributed by atoms with Crippen molar-refractivity contribution in [2.45, 2.75) is 38.0 Å². The molecule has 2 aliphatic heterocycles. The maximum absolute atomic E-state index is 8.82. The summed E-state index contributed by atoms with van der Waals surface area (Å²) >= 11 is 0. The quantitative estimate of drug-likeness (QED) is 0.851. The van der Waals surface area contributed by atoms with Crippen LogP contribution in [0, 0.1) is 11.8 Å². The third-order valence-corrected chi connectivity index (χ3v) is 3.99. The zero-order chi connectivity index (χ0) is 13.8. The zero-order valence-corrected chi connectivity index (χ0v) is 11.7. The smallest absolute Gasteiger partial charge is 0.0707 e. The second-order valence-corrected chi connectivity index (χ2v) is 5.58. The molecule has 2 heterocycles. The van der Waals surface area contributed by atoms with Gasteiger partial charge in [-0.15, -0.1) is 0 Å². The number of morpholine rings is 1. The lowest BCUT2D eigenvalue weighted by Gasteiger charge is -2.32. The number of hydrogen-bond acceptors (Lipinski definition) is 3. The summed E-state index contributed by atoms with van der Waals surface area (Å²) in [4.78, 5) is 2.48. The van der Waals surface area contributed by atoms with E-state index in [1.54, 1.807) is 0 Å². The predicted octanol–water partition coefficient (Wildman–Crippen LogP) is 1.78. The van der Waals surface area contributed by atoms with Crippen molar-refractivity contribution in [2.24, 2.45) is 0 Å². The van der Waals surface area contributed by atoms with Crippen molar-refractivity contribution in [1.29, 1.82) is 0 Å². The maximum atomic E-state index is 8.82. The predicted molar refractivity (Wildman–Crippen MR) is 78.2 cm³/mol. The number of aliphatic hydroxyl groups excluding tert-OH is 1. The summed E-state index contributed by atoms with van der Waals surface area (Å²) in [6, 6.07) is 8.31. The molecular formula is C17H21NO2. The van der Waals surface area contributed by atoms with E-state index in [1.165, 1.54) is 18.4 Å². The molecular weight excluding hydrogens is 250 g/mol. The molecule has 3 nitrogen and oxygen atoms in total. The van der Waals surface area contributed by atoms with Gasteiger partial charge >= 0.3 is 0 Å². The van der Waals surface area contributed by atoms with Crippen LogP contribution in [0.2, 0.25) is 0 Å². The Morgan fingerprint density at radius 3 is 2.70 bits per heavy atom. The van der Waals surface area contributed by atoms with Gasteiger partial charge in [0.25, 0.3) is 0 Å². The van der Waals surface area contributed by atoms with Crippen LogP contribution in [0.1, 0.15) is 30.4 Å². The van der Waals surface area contributed by atoms with Gasteiger partial charge in [-0.2, -0.15) is 0 Å². The minimum Gasteiger partial charge on any atom is -0.395 e. The fourth-order valence-electron chi connectivity index (χ4n) is 3.06. The first-order valence-electron chi connectivity index (χ1n) is 7.40. The van der Waals surface area contributed by atoms with Crippen LogP contribution in [-0.2, 0) is 11.3 Å². The minimum absolute atomic E-state index is 0.127. The molecule has 0 radical (unpaired) electrons. The number of rotatable bonds is 3. The van der Waals surface area contributed by atoms with E-state index in [0.29, 0.717) is 18.6 Å². The van der Waals surface area contributed by atoms with Crippen LogP contribution in [0.4, 0.5) is 0 Å². The van der Waals surface area contributed by atoms with Crippen molar-refractivity contribution in [3.8, 4) is 11.8 Å². The second-order valence-electron chi connectivity index (χ2n) is 5.58. The Labute approximate surface area is 120 Å². The molecule has 20 heavy (non-hydrogen) atoms. The first-order chi connectivity index (χ1) is 9.85. The average molecular weight is 271 g/mol. The Kier molecular flexibility index (Phi) is 4.37. The van der Waals surface area contributed by atoms with Crippen LogP contribution in [0.3, 0.4) is 0 Å². The maximum Gasteiger partial charge on any atom is 0.0707 e. The molecule has 2 saturated heterocycles. The number of likely N-dealkylation sites (tertiary alicyclic amines) is 1. The largest absolute Gasteiger partial charge is 0.395 e. The molecule has 2 atom stereocenters. The van der Waals surface area contributed by atoms with Crippen molar-refractivity contribution < 1.29 is 9.84 Å². The first kappa shape index (κ1) is 13.6. The van der Waals surface area contributed by atoms with E-state index in [9.17, 15) is 0 Å². The van der Waals surface area contributed by atoms with Gasteiger partial charge in [0.1, 0.15) is 0 Å². The Hall–Kier alpha value is -1.34. The Balaban J connectivity index is 1.69. The van der Waals surface area contributed by atoms with Gasteiger partial charge in [-0.3, -0.25) is 4.90 Å². The summed E-state index contributed by atoms with van der Waals surface area (Å²) in [5, 5.41) is 8.82. The Bertz CT molecular complexity index is 505. The first-order valence-corrected chi connectivity index (χ1v) is 7.40. The van der Waals surface area contributed by atoms with E-state index in [2.05, 4.69) is 34.9 Å². The Morgan fingerprint density at radius 2 is 1.95 bits per heavy atom. The van der Waals surface area contributed by atoms with Gasteiger partial charge in [0.2, 0.25) is 0 Å². The van der Waals surface area contributed by atoms with Gasteiger partial charge in [-0.25, -0.2) is 0 Å². The fraction of sp³-hybridized carbons (Fsp3) is 0.529. The van der Waals surface area contributed by atoms with Crippen LogP contribution < -0.4 is 0 Å². The monoisotopic (exact) mass is 271 g/mol. The van der Waals surface area contributed by atoms with Gasteiger partial charge in [0.15, 0.2) is 0 Å². The summed E-state index contributed by atoms with van der Waals surface area (Å²) in [5.41, 5.74) is 2.36. The van der Waals surface area contributed by atoms with E-state index in [1.807, 2.05) is 6.07 Å². The molecule has 0 spiro atoms. The van der Waals surface area contributed by atoms with Crippen molar-refractivity contribution >= 4 is 0 Å². The molecule has 3 heteroatoms. The van der Waals surface area contributed by atoms with Gasteiger partial charge in [0, 0.05) is 31.6 Å². The van der Waals surface area contributed by atoms with Gasteiger partial charge in [-0.1, -0.05) is 30.0 Å². The van der Waals surface area contributed by atoms with Crippen molar-refractivity contribution in [2.75, 3.05) is 19.7 Å². The molecule has 2 unspecified atom stereocenters. The summed E-state index contributed by atoms with van der Waals surface area (Å²) in [7, 11) is 0. The molecule has 2 aliphatic rings. The average Bonchev–Trinajstić information content (AvgIpc) is 2.80. The van der Waals surface area contributed by atoms with E-state index in [0.717, 1.165) is 25.2 Å².